The lowest BCUT2D eigenvalue weighted by molar-refractivity contribution is 0.0734. The summed E-state index contributed by atoms with van der Waals surface area (Å²) in [6.45, 7) is 5.09. The van der Waals surface area contributed by atoms with Crippen LogP contribution in [-0.2, 0) is 6.42 Å². The summed E-state index contributed by atoms with van der Waals surface area (Å²) in [5.41, 5.74) is 4.12. The Hall–Kier alpha value is -3.07. The van der Waals surface area contributed by atoms with E-state index in [1.807, 2.05) is 36.4 Å². The molecule has 0 aliphatic heterocycles. The number of benzene rings is 3. The highest BCUT2D eigenvalue weighted by Crippen LogP contribution is 2.24. The number of hydrogen-bond donors (Lipinski definition) is 0. The molecule has 3 heteroatoms. The molecule has 0 fully saturated rings. The predicted molar refractivity (Wildman–Crippen MR) is 127 cm³/mol. The van der Waals surface area contributed by atoms with Gasteiger partial charge in [0.15, 0.2) is 0 Å². The van der Waals surface area contributed by atoms with Gasteiger partial charge in [-0.15, -0.1) is 0 Å². The van der Waals surface area contributed by atoms with Crippen LogP contribution in [0.25, 0.3) is 11.1 Å². The van der Waals surface area contributed by atoms with Gasteiger partial charge in [0.1, 0.15) is 11.5 Å². The van der Waals surface area contributed by atoms with Crippen LogP contribution in [-0.4, -0.2) is 12.6 Å². The van der Waals surface area contributed by atoms with Crippen LogP contribution in [0.3, 0.4) is 0 Å². The van der Waals surface area contributed by atoms with Crippen molar-refractivity contribution < 1.29 is 14.3 Å². The zero-order valence-corrected chi connectivity index (χ0v) is 18.6. The second-order valence-electron chi connectivity index (χ2n) is 7.79. The summed E-state index contributed by atoms with van der Waals surface area (Å²) in [6, 6.07) is 23.4. The maximum absolute atomic E-state index is 12.4. The monoisotopic (exact) mass is 416 g/mol. The van der Waals surface area contributed by atoms with Gasteiger partial charge in [-0.2, -0.15) is 0 Å². The molecule has 3 nitrogen and oxygen atoms in total. The number of carbonyl (C=O) groups is 1. The molecule has 31 heavy (non-hydrogen) atoms. The SMILES string of the molecule is CCCCCCOc1ccc(C(=O)Oc2ccc(-c3ccc(CCC)cc3)cc2)cc1. The van der Waals surface area contributed by atoms with E-state index in [0.717, 1.165) is 36.1 Å². The average Bonchev–Trinajstić information content (AvgIpc) is 2.81. The number of esters is 1. The maximum atomic E-state index is 12.4. The van der Waals surface area contributed by atoms with E-state index in [2.05, 4.69) is 38.1 Å². The Kier molecular flexibility index (Phi) is 8.71. The molecule has 0 saturated heterocycles. The number of aryl methyl sites for hydroxylation is 1. The van der Waals surface area contributed by atoms with Gasteiger partial charge >= 0.3 is 5.97 Å². The third kappa shape index (κ3) is 6.99. The van der Waals surface area contributed by atoms with Crippen LogP contribution >= 0.6 is 0 Å². The first-order valence-corrected chi connectivity index (χ1v) is 11.3. The number of rotatable bonds is 11. The van der Waals surface area contributed by atoms with Gasteiger partial charge in [0, 0.05) is 0 Å². The first kappa shape index (κ1) is 22.6. The number of carbonyl (C=O) groups excluding carboxylic acids is 1. The van der Waals surface area contributed by atoms with Crippen molar-refractivity contribution >= 4 is 5.97 Å². The van der Waals surface area contributed by atoms with E-state index in [1.165, 1.54) is 24.8 Å². The van der Waals surface area contributed by atoms with Gasteiger partial charge in [-0.05, 0) is 65.9 Å². The van der Waals surface area contributed by atoms with E-state index < -0.39 is 0 Å². The highest BCUT2D eigenvalue weighted by atomic mass is 16.5. The molecule has 0 bridgehead atoms. The summed E-state index contributed by atoms with van der Waals surface area (Å²) in [5, 5.41) is 0. The Morgan fingerprint density at radius 3 is 1.90 bits per heavy atom. The van der Waals surface area contributed by atoms with Crippen molar-refractivity contribution in [3.63, 3.8) is 0 Å². The lowest BCUT2D eigenvalue weighted by Gasteiger charge is -2.08. The first-order valence-electron chi connectivity index (χ1n) is 11.3. The van der Waals surface area contributed by atoms with E-state index in [9.17, 15) is 4.79 Å². The molecular formula is C28H32O3. The molecule has 0 atom stereocenters. The topological polar surface area (TPSA) is 35.5 Å². The van der Waals surface area contributed by atoms with E-state index in [0.29, 0.717) is 17.9 Å². The van der Waals surface area contributed by atoms with Crippen LogP contribution in [0.15, 0.2) is 72.8 Å². The normalized spacial score (nSPS) is 10.6. The van der Waals surface area contributed by atoms with Crippen molar-refractivity contribution in [2.75, 3.05) is 6.61 Å². The molecule has 0 radical (unpaired) electrons. The van der Waals surface area contributed by atoms with E-state index in [-0.39, 0.29) is 5.97 Å². The van der Waals surface area contributed by atoms with Crippen LogP contribution < -0.4 is 9.47 Å². The van der Waals surface area contributed by atoms with Crippen LogP contribution in [0.2, 0.25) is 0 Å². The number of unbranched alkanes of at least 4 members (excludes halogenated alkanes) is 3. The Bertz CT molecular complexity index is 926. The summed E-state index contributed by atoms with van der Waals surface area (Å²) < 4.78 is 11.3. The molecule has 3 aromatic rings. The van der Waals surface area contributed by atoms with Gasteiger partial charge in [-0.3, -0.25) is 0 Å². The van der Waals surface area contributed by atoms with Crippen molar-refractivity contribution in [1.29, 1.82) is 0 Å². The molecule has 3 rings (SSSR count). The molecule has 0 spiro atoms. The molecule has 0 amide bonds. The van der Waals surface area contributed by atoms with Gasteiger partial charge in [-0.25, -0.2) is 4.79 Å². The Balaban J connectivity index is 1.53. The lowest BCUT2D eigenvalue weighted by atomic mass is 10.0. The van der Waals surface area contributed by atoms with Crippen molar-refractivity contribution in [3.05, 3.63) is 83.9 Å². The molecule has 0 aromatic heterocycles. The highest BCUT2D eigenvalue weighted by Gasteiger charge is 2.09. The van der Waals surface area contributed by atoms with Gasteiger partial charge < -0.3 is 9.47 Å². The minimum Gasteiger partial charge on any atom is -0.494 e. The van der Waals surface area contributed by atoms with Gasteiger partial charge in [0.25, 0.3) is 0 Å². The second-order valence-corrected chi connectivity index (χ2v) is 7.79. The fourth-order valence-corrected chi connectivity index (χ4v) is 3.44. The van der Waals surface area contributed by atoms with E-state index in [4.69, 9.17) is 9.47 Å². The highest BCUT2D eigenvalue weighted by molar-refractivity contribution is 5.91. The van der Waals surface area contributed by atoms with Gasteiger partial charge in [0.2, 0.25) is 0 Å². The quantitative estimate of drug-likeness (QED) is 0.185. The summed E-state index contributed by atoms with van der Waals surface area (Å²) in [5.74, 6) is 0.945. The summed E-state index contributed by atoms with van der Waals surface area (Å²) >= 11 is 0. The minimum absolute atomic E-state index is 0.369. The Labute approximate surface area is 186 Å². The number of hydrogen-bond acceptors (Lipinski definition) is 3. The fraction of sp³-hybridized carbons (Fsp3) is 0.321. The van der Waals surface area contributed by atoms with E-state index in [1.54, 1.807) is 12.1 Å². The van der Waals surface area contributed by atoms with Crippen LogP contribution in [0.1, 0.15) is 61.9 Å². The summed E-state index contributed by atoms with van der Waals surface area (Å²) in [4.78, 5) is 12.4. The lowest BCUT2D eigenvalue weighted by Crippen LogP contribution is -2.08. The fourth-order valence-electron chi connectivity index (χ4n) is 3.44. The smallest absolute Gasteiger partial charge is 0.343 e. The zero-order chi connectivity index (χ0) is 21.9. The molecule has 0 aliphatic rings. The predicted octanol–water partition coefficient (Wildman–Crippen LogP) is 7.48. The molecule has 0 unspecified atom stereocenters. The Morgan fingerprint density at radius 2 is 1.29 bits per heavy atom. The van der Waals surface area contributed by atoms with Crippen molar-refractivity contribution in [2.24, 2.45) is 0 Å². The summed E-state index contributed by atoms with van der Waals surface area (Å²) in [6.07, 6.45) is 6.93. The summed E-state index contributed by atoms with van der Waals surface area (Å²) in [7, 11) is 0. The average molecular weight is 417 g/mol. The molecular weight excluding hydrogens is 384 g/mol. The molecule has 0 N–H and O–H groups in total. The van der Waals surface area contributed by atoms with Crippen molar-refractivity contribution in [3.8, 4) is 22.6 Å². The Morgan fingerprint density at radius 1 is 0.677 bits per heavy atom. The van der Waals surface area contributed by atoms with Crippen molar-refractivity contribution in [1.82, 2.24) is 0 Å². The molecule has 162 valence electrons. The third-order valence-corrected chi connectivity index (χ3v) is 5.25. The molecule has 0 saturated carbocycles. The molecule has 0 heterocycles. The van der Waals surface area contributed by atoms with E-state index >= 15 is 0 Å². The minimum atomic E-state index is -0.369. The van der Waals surface area contributed by atoms with Crippen LogP contribution in [0.4, 0.5) is 0 Å². The molecule has 3 aromatic carbocycles. The first-order chi connectivity index (χ1) is 15.2. The molecule has 0 aliphatic carbocycles. The van der Waals surface area contributed by atoms with Crippen molar-refractivity contribution in [2.45, 2.75) is 52.4 Å². The van der Waals surface area contributed by atoms with Crippen LogP contribution in [0, 0.1) is 0 Å². The van der Waals surface area contributed by atoms with Gasteiger partial charge in [-0.1, -0.05) is 75.9 Å². The standard InChI is InChI=1S/C28H32O3/c1-3-5-6-7-21-30-26-17-15-25(16-18-26)28(29)31-27-19-13-24(14-20-27)23-11-9-22(8-4-2)10-12-23/h9-20H,3-8,21H2,1-2H3. The zero-order valence-electron chi connectivity index (χ0n) is 18.6. The largest absolute Gasteiger partial charge is 0.494 e. The maximum Gasteiger partial charge on any atom is 0.343 e. The third-order valence-electron chi connectivity index (χ3n) is 5.25. The van der Waals surface area contributed by atoms with Gasteiger partial charge in [0.05, 0.1) is 12.2 Å². The second kappa shape index (κ2) is 11.9. The number of ether oxygens (including phenoxy) is 2. The van der Waals surface area contributed by atoms with Crippen LogP contribution in [0.5, 0.6) is 11.5 Å².